The Hall–Kier alpha value is -2.38. The van der Waals surface area contributed by atoms with Crippen LogP contribution in [-0.2, 0) is 4.79 Å². The second-order valence-corrected chi connectivity index (χ2v) is 4.67. The minimum atomic E-state index is -0.409. The predicted octanol–water partition coefficient (Wildman–Crippen LogP) is -0.503. The topological polar surface area (TPSA) is 104 Å². The molecule has 3 rings (SSSR count). The maximum absolute atomic E-state index is 11.8. The Morgan fingerprint density at radius 1 is 1.53 bits per heavy atom. The molecule has 1 unspecified atom stereocenters. The molecular weight excluding hydrogens is 248 g/mol. The molecule has 0 aromatic carbocycles. The van der Waals surface area contributed by atoms with Crippen LogP contribution in [0.4, 0.5) is 5.82 Å². The number of hydrogen-bond acceptors (Lipinski definition) is 5. The maximum atomic E-state index is 11.8. The van der Waals surface area contributed by atoms with E-state index in [0.717, 1.165) is 17.4 Å². The van der Waals surface area contributed by atoms with E-state index in [1.54, 1.807) is 19.1 Å². The van der Waals surface area contributed by atoms with Crippen molar-refractivity contribution in [2.75, 3.05) is 5.32 Å². The third-order valence-corrected chi connectivity index (χ3v) is 2.95. The fourth-order valence-corrected chi connectivity index (χ4v) is 1.72. The van der Waals surface area contributed by atoms with Crippen molar-refractivity contribution in [2.24, 2.45) is 0 Å². The van der Waals surface area contributed by atoms with Crippen LogP contribution in [0.15, 0.2) is 16.9 Å². The summed E-state index contributed by atoms with van der Waals surface area (Å²) in [5, 5.41) is 16.0. The van der Waals surface area contributed by atoms with Crippen molar-refractivity contribution in [3.05, 3.63) is 22.6 Å². The number of aromatic nitrogens is 4. The van der Waals surface area contributed by atoms with Gasteiger partial charge in [0.05, 0.1) is 0 Å². The first-order chi connectivity index (χ1) is 9.13. The van der Waals surface area contributed by atoms with Gasteiger partial charge in [-0.1, -0.05) is 0 Å². The van der Waals surface area contributed by atoms with Gasteiger partial charge >= 0.3 is 5.69 Å². The number of amides is 1. The fourth-order valence-electron chi connectivity index (χ4n) is 1.72. The molecular formula is C11H14N6O2. The standard InChI is InChI=1S/C11H14N6O2/c1-6(10(18)13-7-2-3-7)12-8-4-5-9-14-15-11(19)17(9)16-8/h4-7H,2-3H2,1H3,(H,12,16)(H,13,18)(H,15,19). The second kappa shape index (κ2) is 4.38. The summed E-state index contributed by atoms with van der Waals surface area (Å²) in [6, 6.07) is 3.24. The molecule has 19 heavy (non-hydrogen) atoms. The Morgan fingerprint density at radius 3 is 3.05 bits per heavy atom. The molecule has 0 aliphatic heterocycles. The molecule has 100 valence electrons. The van der Waals surface area contributed by atoms with Gasteiger partial charge in [0.2, 0.25) is 5.91 Å². The van der Waals surface area contributed by atoms with Crippen molar-refractivity contribution in [2.45, 2.75) is 31.8 Å². The second-order valence-electron chi connectivity index (χ2n) is 4.67. The number of H-pyrrole nitrogens is 1. The summed E-state index contributed by atoms with van der Waals surface area (Å²) in [6.07, 6.45) is 2.10. The molecule has 1 saturated carbocycles. The molecule has 8 heteroatoms. The molecule has 0 radical (unpaired) electrons. The molecule has 0 spiro atoms. The van der Waals surface area contributed by atoms with E-state index in [9.17, 15) is 9.59 Å². The Bertz CT molecular complexity index is 671. The zero-order valence-electron chi connectivity index (χ0n) is 10.4. The third-order valence-electron chi connectivity index (χ3n) is 2.95. The number of anilines is 1. The number of aromatic amines is 1. The van der Waals surface area contributed by atoms with Gasteiger partial charge in [0.1, 0.15) is 11.9 Å². The predicted molar refractivity (Wildman–Crippen MR) is 67.9 cm³/mol. The monoisotopic (exact) mass is 262 g/mol. The van der Waals surface area contributed by atoms with Crippen LogP contribution < -0.4 is 16.3 Å². The third kappa shape index (κ3) is 2.42. The lowest BCUT2D eigenvalue weighted by molar-refractivity contribution is -0.121. The summed E-state index contributed by atoms with van der Waals surface area (Å²) in [5.41, 5.74) is 0.0272. The van der Waals surface area contributed by atoms with Crippen LogP contribution in [0, 0.1) is 0 Å². The average molecular weight is 262 g/mol. The summed E-state index contributed by atoms with van der Waals surface area (Å²) < 4.78 is 1.15. The molecule has 2 heterocycles. The van der Waals surface area contributed by atoms with Crippen LogP contribution in [0.5, 0.6) is 0 Å². The first kappa shape index (κ1) is 11.7. The van der Waals surface area contributed by atoms with E-state index >= 15 is 0 Å². The Balaban J connectivity index is 1.74. The maximum Gasteiger partial charge on any atom is 0.364 e. The largest absolute Gasteiger partial charge is 0.364 e. The van der Waals surface area contributed by atoms with E-state index in [1.165, 1.54) is 0 Å². The SMILES string of the molecule is CC(Nc1ccc2n[nH]c(=O)n2n1)C(=O)NC1CC1. The van der Waals surface area contributed by atoms with Crippen LogP contribution in [0.2, 0.25) is 0 Å². The molecule has 3 N–H and O–H groups in total. The molecule has 1 aliphatic rings. The van der Waals surface area contributed by atoms with Gasteiger partial charge in [-0.25, -0.2) is 9.89 Å². The molecule has 2 aromatic heterocycles. The van der Waals surface area contributed by atoms with Crippen LogP contribution in [0.1, 0.15) is 19.8 Å². The molecule has 0 bridgehead atoms. The molecule has 1 amide bonds. The number of fused-ring (bicyclic) bond motifs is 1. The number of carbonyl (C=O) groups is 1. The van der Waals surface area contributed by atoms with Crippen molar-refractivity contribution in [3.63, 3.8) is 0 Å². The lowest BCUT2D eigenvalue weighted by Crippen LogP contribution is -2.39. The smallest absolute Gasteiger partial charge is 0.357 e. The molecule has 1 aliphatic carbocycles. The van der Waals surface area contributed by atoms with E-state index < -0.39 is 11.7 Å². The van der Waals surface area contributed by atoms with Crippen molar-refractivity contribution in [1.82, 2.24) is 25.1 Å². The number of carbonyl (C=O) groups excluding carboxylic acids is 1. The van der Waals surface area contributed by atoms with Crippen LogP contribution in [0.25, 0.3) is 5.65 Å². The van der Waals surface area contributed by atoms with E-state index in [-0.39, 0.29) is 5.91 Å². The summed E-state index contributed by atoms with van der Waals surface area (Å²) in [5.74, 6) is 0.387. The zero-order chi connectivity index (χ0) is 13.4. The summed E-state index contributed by atoms with van der Waals surface area (Å²) in [4.78, 5) is 23.2. The van der Waals surface area contributed by atoms with Gasteiger partial charge in [-0.05, 0) is 31.9 Å². The Labute approximate surface area is 108 Å². The molecule has 1 atom stereocenters. The molecule has 0 saturated heterocycles. The van der Waals surface area contributed by atoms with Crippen molar-refractivity contribution >= 4 is 17.4 Å². The van der Waals surface area contributed by atoms with Crippen molar-refractivity contribution in [1.29, 1.82) is 0 Å². The summed E-state index contributed by atoms with van der Waals surface area (Å²) in [6.45, 7) is 1.75. The normalized spacial score (nSPS) is 16.3. The van der Waals surface area contributed by atoms with Gasteiger partial charge in [0, 0.05) is 6.04 Å². The van der Waals surface area contributed by atoms with E-state index in [4.69, 9.17) is 0 Å². The van der Waals surface area contributed by atoms with Gasteiger partial charge in [0.15, 0.2) is 5.65 Å². The first-order valence-corrected chi connectivity index (χ1v) is 6.15. The molecule has 8 nitrogen and oxygen atoms in total. The highest BCUT2D eigenvalue weighted by Crippen LogP contribution is 2.18. The molecule has 2 aromatic rings. The lowest BCUT2D eigenvalue weighted by atomic mass is 10.3. The number of nitrogens with zero attached hydrogens (tertiary/aromatic N) is 3. The fraction of sp³-hybridized carbons (Fsp3) is 0.455. The van der Waals surface area contributed by atoms with E-state index in [0.29, 0.717) is 17.5 Å². The van der Waals surface area contributed by atoms with Crippen molar-refractivity contribution < 1.29 is 4.79 Å². The van der Waals surface area contributed by atoms with Gasteiger partial charge < -0.3 is 10.6 Å². The van der Waals surface area contributed by atoms with Gasteiger partial charge in [-0.3, -0.25) is 4.79 Å². The minimum Gasteiger partial charge on any atom is -0.357 e. The number of hydrogen-bond donors (Lipinski definition) is 3. The minimum absolute atomic E-state index is 0.0658. The van der Waals surface area contributed by atoms with E-state index in [2.05, 4.69) is 25.9 Å². The van der Waals surface area contributed by atoms with Gasteiger partial charge in [-0.2, -0.15) is 9.61 Å². The number of rotatable bonds is 4. The highest BCUT2D eigenvalue weighted by Gasteiger charge is 2.25. The zero-order valence-corrected chi connectivity index (χ0v) is 10.4. The lowest BCUT2D eigenvalue weighted by Gasteiger charge is -2.13. The molecule has 1 fully saturated rings. The highest BCUT2D eigenvalue weighted by atomic mass is 16.2. The van der Waals surface area contributed by atoms with Crippen LogP contribution >= 0.6 is 0 Å². The van der Waals surface area contributed by atoms with Gasteiger partial charge in [-0.15, -0.1) is 5.10 Å². The quantitative estimate of drug-likeness (QED) is 0.689. The first-order valence-electron chi connectivity index (χ1n) is 6.15. The highest BCUT2D eigenvalue weighted by molar-refractivity contribution is 5.84. The summed E-state index contributed by atoms with van der Waals surface area (Å²) in [7, 11) is 0. The Kier molecular flexibility index (Phi) is 2.69. The van der Waals surface area contributed by atoms with Crippen LogP contribution in [0.3, 0.4) is 0 Å². The average Bonchev–Trinajstić information content (AvgIpc) is 3.13. The Morgan fingerprint density at radius 2 is 2.32 bits per heavy atom. The number of nitrogens with one attached hydrogen (secondary N) is 3. The van der Waals surface area contributed by atoms with Crippen molar-refractivity contribution in [3.8, 4) is 0 Å². The van der Waals surface area contributed by atoms with Gasteiger partial charge in [0.25, 0.3) is 0 Å². The summed E-state index contributed by atoms with van der Waals surface area (Å²) >= 11 is 0. The van der Waals surface area contributed by atoms with Crippen LogP contribution in [-0.4, -0.2) is 37.8 Å². The van der Waals surface area contributed by atoms with E-state index in [1.807, 2.05) is 0 Å².